The third-order valence-electron chi connectivity index (χ3n) is 2.30. The second kappa shape index (κ2) is 4.05. The lowest BCUT2D eigenvalue weighted by atomic mass is 10.1. The Kier molecular flexibility index (Phi) is 2.84. The largest absolute Gasteiger partial charge is 0.384 e. The first-order valence-corrected chi connectivity index (χ1v) is 6.95. The number of nitrogen functional groups attached to an aromatic ring is 1. The molecule has 0 amide bonds. The Morgan fingerprint density at radius 2 is 2.06 bits per heavy atom. The number of nitrogens with one attached hydrogen (secondary N) is 1. The van der Waals surface area contributed by atoms with E-state index in [2.05, 4.69) is 10.2 Å². The number of halogens is 1. The number of benzene rings is 1. The second-order valence-corrected chi connectivity index (χ2v) is 6.03. The highest BCUT2D eigenvalue weighted by Crippen LogP contribution is 2.32. The van der Waals surface area contributed by atoms with Crippen molar-refractivity contribution in [3.8, 4) is 11.1 Å². The predicted octanol–water partition coefficient (Wildman–Crippen LogP) is 1.72. The van der Waals surface area contributed by atoms with Gasteiger partial charge in [-0.3, -0.25) is 5.10 Å². The quantitative estimate of drug-likeness (QED) is 0.870. The van der Waals surface area contributed by atoms with Crippen LogP contribution < -0.4 is 5.73 Å². The molecular weight excluding hydrogens is 262 g/mol. The summed E-state index contributed by atoms with van der Waals surface area (Å²) in [5.74, 6) is 0.303. The van der Waals surface area contributed by atoms with Gasteiger partial charge >= 0.3 is 0 Å². The summed E-state index contributed by atoms with van der Waals surface area (Å²) in [5.41, 5.74) is 6.65. The molecule has 0 aliphatic rings. The first kappa shape index (κ1) is 11.9. The van der Waals surface area contributed by atoms with Crippen LogP contribution in [0.1, 0.15) is 0 Å². The van der Waals surface area contributed by atoms with Crippen molar-refractivity contribution in [2.24, 2.45) is 0 Å². The molecule has 0 aliphatic carbocycles. The maximum Gasteiger partial charge on any atom is 0.176 e. The lowest BCUT2D eigenvalue weighted by Gasteiger charge is -2.07. The van der Waals surface area contributed by atoms with E-state index in [1.54, 1.807) is 6.07 Å². The molecule has 0 saturated heterocycles. The van der Waals surface area contributed by atoms with Crippen LogP contribution >= 0.6 is 11.6 Å². The number of hydrogen-bond donors (Lipinski definition) is 2. The van der Waals surface area contributed by atoms with Gasteiger partial charge in [-0.15, -0.1) is 0 Å². The first-order chi connectivity index (χ1) is 7.89. The van der Waals surface area contributed by atoms with Crippen LogP contribution in [0.25, 0.3) is 11.1 Å². The van der Waals surface area contributed by atoms with Crippen LogP contribution in [-0.4, -0.2) is 24.9 Å². The van der Waals surface area contributed by atoms with Gasteiger partial charge in [0.2, 0.25) is 0 Å². The number of aromatic nitrogens is 2. The van der Waals surface area contributed by atoms with Crippen LogP contribution in [0.3, 0.4) is 0 Å². The Bertz CT molecular complexity index is 664. The molecule has 0 fully saturated rings. The molecule has 1 aromatic carbocycles. The second-order valence-electron chi connectivity index (χ2n) is 3.61. The summed E-state index contributed by atoms with van der Waals surface area (Å²) in [7, 11) is -3.35. The fourth-order valence-electron chi connectivity index (χ4n) is 1.55. The average Bonchev–Trinajstić information content (AvgIpc) is 2.62. The third kappa shape index (κ3) is 2.27. The Hall–Kier alpha value is -1.53. The summed E-state index contributed by atoms with van der Waals surface area (Å²) < 4.78 is 23.3. The average molecular weight is 272 g/mol. The van der Waals surface area contributed by atoms with Gasteiger partial charge in [0, 0.05) is 22.4 Å². The van der Waals surface area contributed by atoms with Gasteiger partial charge in [-0.1, -0.05) is 11.6 Å². The van der Waals surface area contributed by atoms with Crippen molar-refractivity contribution in [2.75, 3.05) is 12.0 Å². The zero-order chi connectivity index (χ0) is 12.6. The number of nitrogens with zero attached hydrogens (tertiary/aromatic N) is 1. The molecule has 0 unspecified atom stereocenters. The van der Waals surface area contributed by atoms with Crippen LogP contribution in [-0.2, 0) is 9.84 Å². The molecule has 1 heterocycles. The molecule has 90 valence electrons. The van der Waals surface area contributed by atoms with Gasteiger partial charge in [0.05, 0.1) is 11.1 Å². The molecule has 0 spiro atoms. The molecule has 2 aromatic rings. The van der Waals surface area contributed by atoms with E-state index in [-0.39, 0.29) is 4.90 Å². The fourth-order valence-corrected chi connectivity index (χ4v) is 2.60. The van der Waals surface area contributed by atoms with E-state index in [1.807, 2.05) is 0 Å². The van der Waals surface area contributed by atoms with Crippen LogP contribution in [0, 0.1) is 0 Å². The summed E-state index contributed by atoms with van der Waals surface area (Å²) in [6.45, 7) is 0. The lowest BCUT2D eigenvalue weighted by Crippen LogP contribution is -2.00. The summed E-state index contributed by atoms with van der Waals surface area (Å²) in [5, 5.41) is 6.76. The van der Waals surface area contributed by atoms with Gasteiger partial charge in [-0.05, 0) is 18.2 Å². The smallest absolute Gasteiger partial charge is 0.176 e. The van der Waals surface area contributed by atoms with Crippen LogP contribution in [0.15, 0.2) is 29.3 Å². The number of nitrogens with two attached hydrogens (primary N) is 1. The van der Waals surface area contributed by atoms with E-state index in [4.69, 9.17) is 17.3 Å². The number of hydrogen-bond acceptors (Lipinski definition) is 4. The monoisotopic (exact) mass is 271 g/mol. The molecule has 2 rings (SSSR count). The standard InChI is InChI=1S/C10H10ClN3O2S/c1-17(15,16)9-3-2-6(11)4-7(9)8-5-13-14-10(8)12/h2-5H,1H3,(H3,12,13,14). The Morgan fingerprint density at radius 3 is 2.59 bits per heavy atom. The molecule has 0 bridgehead atoms. The van der Waals surface area contributed by atoms with Crippen LogP contribution in [0.4, 0.5) is 5.82 Å². The molecule has 7 heteroatoms. The molecule has 17 heavy (non-hydrogen) atoms. The molecular formula is C10H10ClN3O2S. The number of sulfone groups is 1. The molecule has 0 aliphatic heterocycles. The van der Waals surface area contributed by atoms with Gasteiger partial charge in [0.15, 0.2) is 9.84 Å². The van der Waals surface area contributed by atoms with Crippen molar-refractivity contribution in [1.82, 2.24) is 10.2 Å². The normalized spacial score (nSPS) is 11.6. The van der Waals surface area contributed by atoms with E-state index in [1.165, 1.54) is 18.3 Å². The van der Waals surface area contributed by atoms with Crippen LogP contribution in [0.5, 0.6) is 0 Å². The number of aromatic amines is 1. The summed E-state index contributed by atoms with van der Waals surface area (Å²) >= 11 is 5.87. The predicted molar refractivity (Wildman–Crippen MR) is 66.6 cm³/mol. The highest BCUT2D eigenvalue weighted by atomic mass is 35.5. The number of H-pyrrole nitrogens is 1. The zero-order valence-corrected chi connectivity index (χ0v) is 10.5. The van der Waals surface area contributed by atoms with E-state index in [0.717, 1.165) is 6.26 Å². The third-order valence-corrected chi connectivity index (χ3v) is 3.69. The van der Waals surface area contributed by atoms with Gasteiger partial charge in [-0.2, -0.15) is 5.10 Å². The molecule has 5 nitrogen and oxygen atoms in total. The van der Waals surface area contributed by atoms with E-state index in [0.29, 0.717) is 22.0 Å². The van der Waals surface area contributed by atoms with E-state index < -0.39 is 9.84 Å². The SMILES string of the molecule is CS(=O)(=O)c1ccc(Cl)cc1-c1cn[nH]c1N. The van der Waals surface area contributed by atoms with Crippen molar-refractivity contribution in [2.45, 2.75) is 4.90 Å². The highest BCUT2D eigenvalue weighted by molar-refractivity contribution is 7.90. The van der Waals surface area contributed by atoms with Gasteiger partial charge < -0.3 is 5.73 Å². The Morgan fingerprint density at radius 1 is 1.35 bits per heavy atom. The number of rotatable bonds is 2. The zero-order valence-electron chi connectivity index (χ0n) is 8.94. The van der Waals surface area contributed by atoms with Gasteiger partial charge in [-0.25, -0.2) is 8.42 Å². The molecule has 3 N–H and O–H groups in total. The van der Waals surface area contributed by atoms with Crippen molar-refractivity contribution in [3.63, 3.8) is 0 Å². The maximum absolute atomic E-state index is 11.7. The minimum atomic E-state index is -3.35. The Balaban J connectivity index is 2.77. The minimum Gasteiger partial charge on any atom is -0.384 e. The van der Waals surface area contributed by atoms with E-state index >= 15 is 0 Å². The number of anilines is 1. The summed E-state index contributed by atoms with van der Waals surface area (Å²) in [4.78, 5) is 0.176. The lowest BCUT2D eigenvalue weighted by molar-refractivity contribution is 0.602. The van der Waals surface area contributed by atoms with Crippen molar-refractivity contribution in [1.29, 1.82) is 0 Å². The van der Waals surface area contributed by atoms with Crippen molar-refractivity contribution >= 4 is 27.3 Å². The topological polar surface area (TPSA) is 88.8 Å². The first-order valence-electron chi connectivity index (χ1n) is 4.68. The highest BCUT2D eigenvalue weighted by Gasteiger charge is 2.17. The summed E-state index contributed by atoms with van der Waals surface area (Å²) in [6.07, 6.45) is 2.60. The van der Waals surface area contributed by atoms with Gasteiger partial charge in [0.1, 0.15) is 5.82 Å². The fraction of sp³-hybridized carbons (Fsp3) is 0.100. The minimum absolute atomic E-state index is 0.176. The molecule has 0 radical (unpaired) electrons. The van der Waals surface area contributed by atoms with Crippen LogP contribution in [0.2, 0.25) is 5.02 Å². The van der Waals surface area contributed by atoms with Gasteiger partial charge in [0.25, 0.3) is 0 Å². The Labute approximate surface area is 104 Å². The molecule has 1 aromatic heterocycles. The summed E-state index contributed by atoms with van der Waals surface area (Å²) in [6, 6.07) is 4.54. The molecule has 0 atom stereocenters. The maximum atomic E-state index is 11.7. The molecule has 0 saturated carbocycles. The van der Waals surface area contributed by atoms with E-state index in [9.17, 15) is 8.42 Å². The van der Waals surface area contributed by atoms with Crippen molar-refractivity contribution < 1.29 is 8.42 Å². The van der Waals surface area contributed by atoms with Crippen molar-refractivity contribution in [3.05, 3.63) is 29.4 Å².